The Morgan fingerprint density at radius 2 is 1.03 bits per heavy atom. The Balaban J connectivity index is 0.000000255. The molecule has 12 heteroatoms. The van der Waals surface area contributed by atoms with Crippen LogP contribution in [0.5, 0.6) is 11.5 Å². The first-order valence-electron chi connectivity index (χ1n) is 10.1. The number of nitro groups is 1. The highest BCUT2D eigenvalue weighted by Crippen LogP contribution is 2.31. The normalized spacial score (nSPS) is 10.9. The minimum atomic E-state index is -3.83. The summed E-state index contributed by atoms with van der Waals surface area (Å²) in [5.74, 6) is -0.700. The van der Waals surface area contributed by atoms with E-state index in [0.717, 1.165) is 18.2 Å². The molecule has 0 aliphatic heterocycles. The van der Waals surface area contributed by atoms with E-state index in [1.165, 1.54) is 42.5 Å². The summed E-state index contributed by atoms with van der Waals surface area (Å²) in [6.45, 7) is 0. The zero-order valence-electron chi connectivity index (χ0n) is 18.4. The van der Waals surface area contributed by atoms with Gasteiger partial charge in [0.05, 0.1) is 30.2 Å². The molecule has 4 aromatic carbocycles. The van der Waals surface area contributed by atoms with Crippen molar-refractivity contribution in [2.45, 2.75) is 27.0 Å². The van der Waals surface area contributed by atoms with Crippen molar-refractivity contribution in [2.75, 3.05) is 5.73 Å². The van der Waals surface area contributed by atoms with Crippen molar-refractivity contribution in [1.29, 1.82) is 0 Å². The minimum absolute atomic E-state index is 0. The van der Waals surface area contributed by atoms with Crippen LogP contribution < -0.4 is 5.73 Å². The van der Waals surface area contributed by atoms with E-state index >= 15 is 0 Å². The van der Waals surface area contributed by atoms with E-state index < -0.39 is 36.0 Å². The number of hydrogen-bond donors (Lipinski definition) is 3. The van der Waals surface area contributed by atoms with Gasteiger partial charge in [-0.2, -0.15) is 0 Å². The number of nitrogens with zero attached hydrogens (tertiary/aromatic N) is 1. The zero-order chi connectivity index (χ0) is 26.5. The molecule has 0 saturated heterocycles. The summed E-state index contributed by atoms with van der Waals surface area (Å²) in [5, 5.41) is 29.3. The van der Waals surface area contributed by atoms with Crippen molar-refractivity contribution in [1.82, 2.24) is 0 Å². The van der Waals surface area contributed by atoms with E-state index in [1.807, 2.05) is 0 Å². The molecule has 0 fully saturated rings. The predicted octanol–water partition coefficient (Wildman–Crippen LogP) is 4.58. The SMILES string of the molecule is C.Nc1cc(S(=O)(=O)c2ccccc2)ccc1O.O=[N+]([O-])c1cc(S(=O)(=O)c2ccccc2)ccc1O. The van der Waals surface area contributed by atoms with Gasteiger partial charge < -0.3 is 15.9 Å². The van der Waals surface area contributed by atoms with Crippen LogP contribution in [0.3, 0.4) is 0 Å². The lowest BCUT2D eigenvalue weighted by atomic mass is 10.3. The second-order valence-corrected chi connectivity index (χ2v) is 11.2. The quantitative estimate of drug-likeness (QED) is 0.140. The zero-order valence-corrected chi connectivity index (χ0v) is 20.1. The molecule has 0 radical (unpaired) electrons. The van der Waals surface area contributed by atoms with E-state index in [0.29, 0.717) is 0 Å². The average Bonchev–Trinajstić information content (AvgIpc) is 2.87. The van der Waals surface area contributed by atoms with Crippen LogP contribution in [0.4, 0.5) is 11.4 Å². The van der Waals surface area contributed by atoms with Gasteiger partial charge in [-0.05, 0) is 54.6 Å². The van der Waals surface area contributed by atoms with Crippen LogP contribution in [0.25, 0.3) is 0 Å². The van der Waals surface area contributed by atoms with Crippen molar-refractivity contribution in [3.05, 3.63) is 107 Å². The summed E-state index contributed by atoms with van der Waals surface area (Å²) >= 11 is 0. The molecule has 4 N–H and O–H groups in total. The smallest absolute Gasteiger partial charge is 0.312 e. The van der Waals surface area contributed by atoms with Gasteiger partial charge in [-0.3, -0.25) is 10.1 Å². The third-order valence-corrected chi connectivity index (χ3v) is 8.40. The van der Waals surface area contributed by atoms with Gasteiger partial charge in [0.2, 0.25) is 19.7 Å². The van der Waals surface area contributed by atoms with Crippen LogP contribution >= 0.6 is 0 Å². The fourth-order valence-electron chi connectivity index (χ4n) is 2.99. The Kier molecular flexibility index (Phi) is 8.99. The minimum Gasteiger partial charge on any atom is -0.506 e. The lowest BCUT2D eigenvalue weighted by Gasteiger charge is -2.06. The molecule has 0 unspecified atom stereocenters. The van der Waals surface area contributed by atoms with Crippen molar-refractivity contribution >= 4 is 31.0 Å². The maximum Gasteiger partial charge on any atom is 0.312 e. The molecule has 4 aromatic rings. The molecule has 4 rings (SSSR count). The monoisotopic (exact) mass is 544 g/mol. The first-order chi connectivity index (χ1) is 16.9. The van der Waals surface area contributed by atoms with Crippen molar-refractivity contribution < 1.29 is 32.0 Å². The van der Waals surface area contributed by atoms with Gasteiger partial charge in [0.1, 0.15) is 5.75 Å². The highest BCUT2D eigenvalue weighted by Gasteiger charge is 2.22. The Labute approximate surface area is 214 Å². The van der Waals surface area contributed by atoms with Gasteiger partial charge in [-0.1, -0.05) is 43.8 Å². The fraction of sp³-hybridized carbons (Fsp3) is 0.0400. The molecule has 37 heavy (non-hydrogen) atoms. The molecule has 0 aliphatic carbocycles. The maximum atomic E-state index is 12.2. The summed E-state index contributed by atoms with van der Waals surface area (Å²) < 4.78 is 48.8. The highest BCUT2D eigenvalue weighted by molar-refractivity contribution is 7.91. The van der Waals surface area contributed by atoms with Gasteiger partial charge in [-0.25, -0.2) is 16.8 Å². The van der Waals surface area contributed by atoms with Gasteiger partial charge in [0.25, 0.3) is 0 Å². The molecule has 194 valence electrons. The van der Waals surface area contributed by atoms with E-state index in [1.54, 1.807) is 36.4 Å². The molecule has 0 aromatic heterocycles. The van der Waals surface area contributed by atoms with Gasteiger partial charge in [0, 0.05) is 6.07 Å². The number of benzene rings is 4. The molecule has 0 bridgehead atoms. The van der Waals surface area contributed by atoms with Gasteiger partial charge in [-0.15, -0.1) is 0 Å². The molecular formula is C25H24N2O8S2. The third-order valence-electron chi connectivity index (χ3n) is 4.87. The molecule has 0 spiro atoms. The van der Waals surface area contributed by atoms with Crippen LogP contribution in [0.1, 0.15) is 7.43 Å². The molecule has 0 heterocycles. The maximum absolute atomic E-state index is 12.2. The van der Waals surface area contributed by atoms with E-state index in [2.05, 4.69) is 0 Å². The Bertz CT molecular complexity index is 1610. The standard InChI is InChI=1S/C12H9NO5S.C12H11NO3S.CH4/c14-12-7-6-10(8-11(12)13(15)16)19(17,18)9-4-2-1-3-5-9;13-11-8-10(6-7-12(11)14)17(15,16)9-4-2-1-3-5-9;/h1-8,14H;1-8,14H,13H2;1H4. The molecule has 0 amide bonds. The number of phenols is 2. The van der Waals surface area contributed by atoms with Crippen LogP contribution in [0, 0.1) is 10.1 Å². The summed E-state index contributed by atoms with van der Waals surface area (Å²) in [7, 11) is -7.40. The molecule has 0 saturated carbocycles. The van der Waals surface area contributed by atoms with E-state index in [-0.39, 0.29) is 38.4 Å². The number of hydrogen-bond acceptors (Lipinski definition) is 9. The Morgan fingerprint density at radius 1 is 0.622 bits per heavy atom. The summed E-state index contributed by atoms with van der Waals surface area (Å²) in [4.78, 5) is 9.93. The lowest BCUT2D eigenvalue weighted by Crippen LogP contribution is -2.02. The fourth-order valence-corrected chi connectivity index (χ4v) is 5.61. The number of rotatable bonds is 5. The van der Waals surface area contributed by atoms with Crippen LogP contribution in [0.15, 0.2) is 117 Å². The molecule has 10 nitrogen and oxygen atoms in total. The predicted molar refractivity (Wildman–Crippen MR) is 138 cm³/mol. The number of aromatic hydroxyl groups is 2. The van der Waals surface area contributed by atoms with Crippen molar-refractivity contribution in [2.24, 2.45) is 0 Å². The van der Waals surface area contributed by atoms with Crippen LogP contribution in [-0.4, -0.2) is 32.0 Å². The lowest BCUT2D eigenvalue weighted by molar-refractivity contribution is -0.386. The first kappa shape index (κ1) is 28.8. The molecule has 0 aliphatic rings. The summed E-state index contributed by atoms with van der Waals surface area (Å²) in [5.41, 5.74) is 4.88. The van der Waals surface area contributed by atoms with E-state index in [9.17, 15) is 37.2 Å². The topological polar surface area (TPSA) is 178 Å². The number of nitrogens with two attached hydrogens (primary N) is 1. The first-order valence-corrected chi connectivity index (χ1v) is 13.1. The number of anilines is 1. The number of phenolic OH excluding ortho intramolecular Hbond substituents is 2. The number of nitrogen functional groups attached to an aromatic ring is 1. The van der Waals surface area contributed by atoms with Crippen molar-refractivity contribution in [3.8, 4) is 11.5 Å². The van der Waals surface area contributed by atoms with Gasteiger partial charge in [0.15, 0.2) is 5.75 Å². The Morgan fingerprint density at radius 3 is 1.43 bits per heavy atom. The van der Waals surface area contributed by atoms with E-state index in [4.69, 9.17) is 5.73 Å². The second-order valence-electron chi connectivity index (χ2n) is 7.26. The van der Waals surface area contributed by atoms with Gasteiger partial charge >= 0.3 is 5.69 Å². The average molecular weight is 545 g/mol. The molecule has 0 atom stereocenters. The number of nitro benzene ring substituents is 1. The Hall–Kier alpha value is -4.42. The summed E-state index contributed by atoms with van der Waals surface area (Å²) in [6, 6.07) is 22.4. The summed E-state index contributed by atoms with van der Waals surface area (Å²) in [6.07, 6.45) is 0. The van der Waals surface area contributed by atoms with Crippen LogP contribution in [0.2, 0.25) is 0 Å². The third kappa shape index (κ3) is 6.42. The largest absolute Gasteiger partial charge is 0.506 e. The number of sulfone groups is 2. The van der Waals surface area contributed by atoms with Crippen molar-refractivity contribution in [3.63, 3.8) is 0 Å². The highest BCUT2D eigenvalue weighted by atomic mass is 32.2. The van der Waals surface area contributed by atoms with Crippen LogP contribution in [-0.2, 0) is 19.7 Å². The second kappa shape index (κ2) is 11.5. The molecular weight excluding hydrogens is 520 g/mol.